The van der Waals surface area contributed by atoms with Crippen LogP contribution in [0.15, 0.2) is 59.2 Å². The number of amides is 1. The van der Waals surface area contributed by atoms with Crippen molar-refractivity contribution in [3.63, 3.8) is 0 Å². The molecule has 2 aromatic carbocycles. The van der Waals surface area contributed by atoms with Crippen LogP contribution >= 0.6 is 0 Å². The fourth-order valence-corrected chi connectivity index (χ4v) is 2.55. The molecule has 0 aromatic heterocycles. The fraction of sp³-hybridized carbons (Fsp3) is 0.105. The standard InChI is InChI=1S/C19H16N2O4/c1-12-16(11-14-5-3-4-6-17(14)25-2)18(22)21(20-12)15-9-7-13(8-10-15)19(23)24/h3-11H,1-2H3,(H,23,24)/b16-11-. The Labute approximate surface area is 144 Å². The molecule has 0 radical (unpaired) electrons. The molecule has 6 heteroatoms. The molecule has 0 atom stereocenters. The largest absolute Gasteiger partial charge is 0.496 e. The highest BCUT2D eigenvalue weighted by Crippen LogP contribution is 2.27. The lowest BCUT2D eigenvalue weighted by Gasteiger charge is -2.12. The number of methoxy groups -OCH3 is 1. The first kappa shape index (κ1) is 16.4. The number of rotatable bonds is 4. The first-order valence-corrected chi connectivity index (χ1v) is 7.59. The molecule has 126 valence electrons. The van der Waals surface area contributed by atoms with E-state index in [1.165, 1.54) is 17.1 Å². The van der Waals surface area contributed by atoms with Crippen LogP contribution in [0.25, 0.3) is 6.08 Å². The SMILES string of the molecule is COc1ccccc1/C=C1\C(=O)N(c2ccc(C(=O)O)cc2)N=C1C. The Morgan fingerprint density at radius 3 is 2.48 bits per heavy atom. The van der Waals surface area contributed by atoms with E-state index in [0.29, 0.717) is 22.7 Å². The summed E-state index contributed by atoms with van der Waals surface area (Å²) in [5.74, 6) is -0.623. The summed E-state index contributed by atoms with van der Waals surface area (Å²) in [4.78, 5) is 23.7. The zero-order valence-electron chi connectivity index (χ0n) is 13.8. The number of benzene rings is 2. The second kappa shape index (κ2) is 6.60. The number of anilines is 1. The number of carboxylic acids is 1. The third kappa shape index (κ3) is 3.14. The zero-order valence-corrected chi connectivity index (χ0v) is 13.8. The molecule has 3 rings (SSSR count). The average Bonchev–Trinajstić information content (AvgIpc) is 2.90. The van der Waals surface area contributed by atoms with Gasteiger partial charge < -0.3 is 9.84 Å². The maximum absolute atomic E-state index is 12.7. The van der Waals surface area contributed by atoms with Gasteiger partial charge in [-0.25, -0.2) is 4.79 Å². The van der Waals surface area contributed by atoms with Crippen molar-refractivity contribution in [2.75, 3.05) is 12.1 Å². The predicted molar refractivity (Wildman–Crippen MR) is 95.0 cm³/mol. The zero-order chi connectivity index (χ0) is 18.0. The topological polar surface area (TPSA) is 79.2 Å². The van der Waals surface area contributed by atoms with E-state index in [4.69, 9.17) is 9.84 Å². The van der Waals surface area contributed by atoms with E-state index in [0.717, 1.165) is 5.56 Å². The Morgan fingerprint density at radius 2 is 1.84 bits per heavy atom. The molecule has 0 bridgehead atoms. The normalized spacial score (nSPS) is 15.4. The minimum atomic E-state index is -1.02. The van der Waals surface area contributed by atoms with Crippen molar-refractivity contribution in [3.05, 3.63) is 65.2 Å². The molecular weight excluding hydrogens is 320 g/mol. The van der Waals surface area contributed by atoms with E-state index < -0.39 is 5.97 Å². The molecule has 0 aliphatic carbocycles. The van der Waals surface area contributed by atoms with E-state index in [-0.39, 0.29) is 11.5 Å². The average molecular weight is 336 g/mol. The van der Waals surface area contributed by atoms with Gasteiger partial charge in [-0.1, -0.05) is 18.2 Å². The number of carboxylic acid groups (broad SMARTS) is 1. The molecule has 1 aliphatic rings. The van der Waals surface area contributed by atoms with Gasteiger partial charge in [0.25, 0.3) is 5.91 Å². The molecule has 1 heterocycles. The molecule has 25 heavy (non-hydrogen) atoms. The Balaban J connectivity index is 1.93. The lowest BCUT2D eigenvalue weighted by Crippen LogP contribution is -2.21. The number of carbonyl (C=O) groups is 2. The summed E-state index contributed by atoms with van der Waals surface area (Å²) in [5, 5.41) is 14.5. The van der Waals surface area contributed by atoms with Crippen molar-refractivity contribution in [2.24, 2.45) is 5.10 Å². The predicted octanol–water partition coefficient (Wildman–Crippen LogP) is 3.20. The molecule has 1 N–H and O–H groups in total. The molecule has 1 aliphatic heterocycles. The molecule has 0 fully saturated rings. The summed E-state index contributed by atoms with van der Waals surface area (Å²) in [6.45, 7) is 1.75. The minimum absolute atomic E-state index is 0.154. The van der Waals surface area contributed by atoms with E-state index in [9.17, 15) is 9.59 Å². The third-order valence-corrected chi connectivity index (χ3v) is 3.86. The summed E-state index contributed by atoms with van der Waals surface area (Å²) < 4.78 is 5.31. The van der Waals surface area contributed by atoms with Crippen molar-refractivity contribution in [2.45, 2.75) is 6.92 Å². The van der Waals surface area contributed by atoms with E-state index in [1.807, 2.05) is 24.3 Å². The molecule has 0 saturated carbocycles. The molecule has 2 aromatic rings. The summed E-state index contributed by atoms with van der Waals surface area (Å²) >= 11 is 0. The van der Waals surface area contributed by atoms with E-state index in [1.54, 1.807) is 32.2 Å². The molecule has 0 saturated heterocycles. The van der Waals surface area contributed by atoms with Gasteiger partial charge in [-0.2, -0.15) is 10.1 Å². The van der Waals surface area contributed by atoms with Gasteiger partial charge in [-0.15, -0.1) is 0 Å². The molecule has 0 unspecified atom stereocenters. The number of para-hydroxylation sites is 1. The Kier molecular flexibility index (Phi) is 4.35. The van der Waals surface area contributed by atoms with Crippen molar-refractivity contribution in [3.8, 4) is 5.75 Å². The fourth-order valence-electron chi connectivity index (χ4n) is 2.55. The molecule has 6 nitrogen and oxygen atoms in total. The van der Waals surface area contributed by atoms with Crippen molar-refractivity contribution in [1.29, 1.82) is 0 Å². The van der Waals surface area contributed by atoms with Crippen molar-refractivity contribution < 1.29 is 19.4 Å². The number of aromatic carboxylic acids is 1. The van der Waals surface area contributed by atoms with Gasteiger partial charge in [-0.05, 0) is 43.3 Å². The van der Waals surface area contributed by atoms with Crippen LogP contribution in [0.1, 0.15) is 22.8 Å². The van der Waals surface area contributed by atoms with Crippen molar-refractivity contribution in [1.82, 2.24) is 0 Å². The highest BCUT2D eigenvalue weighted by Gasteiger charge is 2.29. The highest BCUT2D eigenvalue weighted by molar-refractivity contribution is 6.32. The lowest BCUT2D eigenvalue weighted by molar-refractivity contribution is -0.114. The number of carbonyl (C=O) groups excluding carboxylic acids is 1. The molecule has 0 spiro atoms. The number of hydrogen-bond donors (Lipinski definition) is 1. The van der Waals surface area contributed by atoms with Crippen LogP contribution < -0.4 is 9.75 Å². The van der Waals surface area contributed by atoms with Gasteiger partial charge in [0.1, 0.15) is 5.75 Å². The number of hydrazone groups is 1. The van der Waals surface area contributed by atoms with Crippen LogP contribution in [-0.4, -0.2) is 29.8 Å². The maximum atomic E-state index is 12.7. The second-order valence-corrected chi connectivity index (χ2v) is 5.45. The van der Waals surface area contributed by atoms with Gasteiger partial charge in [0.05, 0.1) is 29.6 Å². The summed E-state index contributed by atoms with van der Waals surface area (Å²) in [7, 11) is 1.57. The van der Waals surface area contributed by atoms with Crippen LogP contribution in [-0.2, 0) is 4.79 Å². The van der Waals surface area contributed by atoms with Gasteiger partial charge >= 0.3 is 5.97 Å². The van der Waals surface area contributed by atoms with Crippen LogP contribution in [0.3, 0.4) is 0 Å². The first-order valence-electron chi connectivity index (χ1n) is 7.59. The summed E-state index contributed by atoms with van der Waals surface area (Å²) in [6.07, 6.45) is 1.74. The number of hydrogen-bond acceptors (Lipinski definition) is 4. The van der Waals surface area contributed by atoms with Gasteiger partial charge in [-0.3, -0.25) is 4.79 Å². The molecule has 1 amide bonds. The van der Waals surface area contributed by atoms with Gasteiger partial charge in [0.15, 0.2) is 0 Å². The monoisotopic (exact) mass is 336 g/mol. The van der Waals surface area contributed by atoms with Crippen LogP contribution in [0.5, 0.6) is 5.75 Å². The number of nitrogens with zero attached hydrogens (tertiary/aromatic N) is 2. The Morgan fingerprint density at radius 1 is 1.16 bits per heavy atom. The van der Waals surface area contributed by atoms with E-state index in [2.05, 4.69) is 5.10 Å². The quantitative estimate of drug-likeness (QED) is 0.870. The van der Waals surface area contributed by atoms with Crippen LogP contribution in [0.2, 0.25) is 0 Å². The van der Waals surface area contributed by atoms with E-state index >= 15 is 0 Å². The van der Waals surface area contributed by atoms with Crippen LogP contribution in [0.4, 0.5) is 5.69 Å². The summed E-state index contributed by atoms with van der Waals surface area (Å²) in [5.41, 5.74) is 2.50. The van der Waals surface area contributed by atoms with Gasteiger partial charge in [0.2, 0.25) is 0 Å². The Bertz CT molecular complexity index is 898. The lowest BCUT2D eigenvalue weighted by atomic mass is 10.1. The van der Waals surface area contributed by atoms with Gasteiger partial charge in [0, 0.05) is 5.56 Å². The number of ether oxygens (including phenoxy) is 1. The maximum Gasteiger partial charge on any atom is 0.335 e. The van der Waals surface area contributed by atoms with Crippen molar-refractivity contribution >= 4 is 29.4 Å². The smallest absolute Gasteiger partial charge is 0.335 e. The second-order valence-electron chi connectivity index (χ2n) is 5.45. The molecular formula is C19H16N2O4. The highest BCUT2D eigenvalue weighted by atomic mass is 16.5. The minimum Gasteiger partial charge on any atom is -0.496 e. The third-order valence-electron chi connectivity index (χ3n) is 3.86. The van der Waals surface area contributed by atoms with Crippen LogP contribution in [0, 0.1) is 0 Å². The Hall–Kier alpha value is -3.41. The first-order chi connectivity index (χ1) is 12.0. The summed E-state index contributed by atoms with van der Waals surface area (Å²) in [6, 6.07) is 13.4.